The van der Waals surface area contributed by atoms with E-state index in [0.717, 1.165) is 19.2 Å². The van der Waals surface area contributed by atoms with Crippen LogP contribution in [0.25, 0.3) is 0 Å². The van der Waals surface area contributed by atoms with E-state index in [1.807, 2.05) is 0 Å². The van der Waals surface area contributed by atoms with Crippen molar-refractivity contribution in [1.29, 1.82) is 0 Å². The molecule has 0 saturated heterocycles. The SMILES string of the molecule is [CH2]c1ccccc1C(=O)c1ccc(S(=O)(=O)NC)c(S(=O)(=O)NC)c1. The molecule has 0 spiro atoms. The molecule has 0 atom stereocenters. The Morgan fingerprint density at radius 2 is 1.44 bits per heavy atom. The maximum Gasteiger partial charge on any atom is 0.241 e. The second kappa shape index (κ2) is 7.04. The van der Waals surface area contributed by atoms with Gasteiger partial charge >= 0.3 is 0 Å². The monoisotopic (exact) mass is 381 g/mol. The third-order valence-electron chi connectivity index (χ3n) is 3.58. The van der Waals surface area contributed by atoms with Gasteiger partial charge in [-0.15, -0.1) is 0 Å². The Morgan fingerprint density at radius 1 is 0.880 bits per heavy atom. The first-order valence-electron chi connectivity index (χ1n) is 7.11. The standard InChI is InChI=1S/C16H17N2O5S2/c1-11-6-4-5-7-13(11)16(19)12-8-9-14(24(20,21)17-2)15(10-12)25(22,23)18-3/h4-10,17-18H,1H2,2-3H3. The lowest BCUT2D eigenvalue weighted by Crippen LogP contribution is -2.26. The number of nitrogens with one attached hydrogen (secondary N) is 2. The molecule has 9 heteroatoms. The lowest BCUT2D eigenvalue weighted by atomic mass is 9.99. The summed E-state index contributed by atoms with van der Waals surface area (Å²) in [5.74, 6) is -0.452. The normalized spacial score (nSPS) is 12.1. The van der Waals surface area contributed by atoms with Gasteiger partial charge in [0, 0.05) is 11.1 Å². The third kappa shape index (κ3) is 3.79. The maximum atomic E-state index is 12.6. The minimum Gasteiger partial charge on any atom is -0.289 e. The van der Waals surface area contributed by atoms with Crippen molar-refractivity contribution >= 4 is 25.8 Å². The number of benzene rings is 2. The molecule has 133 valence electrons. The van der Waals surface area contributed by atoms with Gasteiger partial charge in [-0.3, -0.25) is 4.79 Å². The summed E-state index contributed by atoms with van der Waals surface area (Å²) in [6.45, 7) is 3.77. The van der Waals surface area contributed by atoms with Gasteiger partial charge in [0.05, 0.1) is 0 Å². The first-order chi connectivity index (χ1) is 11.6. The minimum atomic E-state index is -4.11. The van der Waals surface area contributed by atoms with Crippen LogP contribution in [0.2, 0.25) is 0 Å². The summed E-state index contributed by atoms with van der Waals surface area (Å²) in [7, 11) is -5.81. The van der Waals surface area contributed by atoms with E-state index in [9.17, 15) is 21.6 Å². The highest BCUT2D eigenvalue weighted by Gasteiger charge is 2.26. The Labute approximate surface area is 147 Å². The van der Waals surface area contributed by atoms with E-state index in [4.69, 9.17) is 0 Å². The summed E-state index contributed by atoms with van der Waals surface area (Å²) in [6, 6.07) is 10.0. The fourth-order valence-corrected chi connectivity index (χ4v) is 4.48. The lowest BCUT2D eigenvalue weighted by molar-refractivity contribution is 0.103. The Bertz CT molecular complexity index is 1030. The van der Waals surface area contributed by atoms with Gasteiger partial charge in [0.25, 0.3) is 0 Å². The van der Waals surface area contributed by atoms with Gasteiger partial charge in [-0.25, -0.2) is 26.3 Å². The highest BCUT2D eigenvalue weighted by atomic mass is 32.2. The lowest BCUT2D eigenvalue weighted by Gasteiger charge is -2.12. The highest BCUT2D eigenvalue weighted by molar-refractivity contribution is 7.92. The molecule has 7 nitrogen and oxygen atoms in total. The molecule has 2 aromatic rings. The molecule has 2 N–H and O–H groups in total. The molecule has 0 amide bonds. The molecule has 1 radical (unpaired) electrons. The van der Waals surface area contributed by atoms with Crippen molar-refractivity contribution in [3.8, 4) is 0 Å². The molecule has 0 aliphatic rings. The molecule has 0 unspecified atom stereocenters. The molecule has 0 aliphatic heterocycles. The Balaban J connectivity index is 2.71. The van der Waals surface area contributed by atoms with Gasteiger partial charge in [0.1, 0.15) is 9.79 Å². The van der Waals surface area contributed by atoms with Crippen molar-refractivity contribution in [2.24, 2.45) is 0 Å². The van der Waals surface area contributed by atoms with Crippen LogP contribution in [0, 0.1) is 6.92 Å². The highest BCUT2D eigenvalue weighted by Crippen LogP contribution is 2.24. The summed E-state index contributed by atoms with van der Waals surface area (Å²) < 4.78 is 52.8. The molecule has 0 aliphatic carbocycles. The summed E-state index contributed by atoms with van der Waals surface area (Å²) in [4.78, 5) is 11.7. The van der Waals surface area contributed by atoms with E-state index < -0.39 is 35.6 Å². The predicted molar refractivity (Wildman–Crippen MR) is 93.3 cm³/mol. The van der Waals surface area contributed by atoms with E-state index in [2.05, 4.69) is 16.4 Å². The predicted octanol–water partition coefficient (Wildman–Crippen LogP) is 0.916. The number of hydrogen-bond acceptors (Lipinski definition) is 5. The van der Waals surface area contributed by atoms with Crippen LogP contribution in [-0.2, 0) is 20.0 Å². The van der Waals surface area contributed by atoms with Gasteiger partial charge in [-0.05, 0) is 44.8 Å². The fraction of sp³-hybridized carbons (Fsp3) is 0.125. The van der Waals surface area contributed by atoms with Crippen LogP contribution in [-0.4, -0.2) is 36.7 Å². The Morgan fingerprint density at radius 3 is 2.00 bits per heavy atom. The fourth-order valence-electron chi connectivity index (χ4n) is 2.20. The second-order valence-electron chi connectivity index (χ2n) is 5.06. The number of sulfonamides is 2. The third-order valence-corrected chi connectivity index (χ3v) is 6.64. The maximum absolute atomic E-state index is 12.6. The van der Waals surface area contributed by atoms with Crippen LogP contribution in [0.1, 0.15) is 21.5 Å². The first-order valence-corrected chi connectivity index (χ1v) is 10.1. The van der Waals surface area contributed by atoms with Crippen LogP contribution in [0.15, 0.2) is 52.3 Å². The molecule has 0 aromatic heterocycles. The zero-order valence-corrected chi connectivity index (χ0v) is 15.2. The second-order valence-corrected chi connectivity index (χ2v) is 8.77. The molecular formula is C16H17N2O5S2. The molecule has 2 rings (SSSR count). The van der Waals surface area contributed by atoms with Crippen molar-refractivity contribution in [1.82, 2.24) is 9.44 Å². The van der Waals surface area contributed by atoms with Crippen LogP contribution in [0.3, 0.4) is 0 Å². The minimum absolute atomic E-state index is 0.0416. The van der Waals surface area contributed by atoms with Gasteiger partial charge in [0.2, 0.25) is 20.0 Å². The van der Waals surface area contributed by atoms with E-state index >= 15 is 0 Å². The van der Waals surface area contributed by atoms with E-state index in [0.29, 0.717) is 11.1 Å². The Hall–Kier alpha value is -2.07. The average molecular weight is 381 g/mol. The van der Waals surface area contributed by atoms with Crippen molar-refractivity contribution in [2.75, 3.05) is 14.1 Å². The summed E-state index contributed by atoms with van der Waals surface area (Å²) in [6.07, 6.45) is 0. The largest absolute Gasteiger partial charge is 0.289 e. The van der Waals surface area contributed by atoms with Crippen molar-refractivity contribution in [3.05, 3.63) is 66.1 Å². The van der Waals surface area contributed by atoms with Gasteiger partial charge in [-0.2, -0.15) is 0 Å². The number of rotatable bonds is 6. The molecular weight excluding hydrogens is 364 g/mol. The smallest absolute Gasteiger partial charge is 0.241 e. The molecule has 0 bridgehead atoms. The first kappa shape index (κ1) is 19.3. The van der Waals surface area contributed by atoms with E-state index in [1.165, 1.54) is 13.1 Å². The van der Waals surface area contributed by atoms with Crippen LogP contribution >= 0.6 is 0 Å². The zero-order chi connectivity index (χ0) is 18.8. The van der Waals surface area contributed by atoms with Crippen molar-refractivity contribution in [2.45, 2.75) is 9.79 Å². The van der Waals surface area contributed by atoms with Gasteiger partial charge in [0.15, 0.2) is 5.78 Å². The number of carbonyl (C=O) groups excluding carboxylic acids is 1. The summed E-state index contributed by atoms with van der Waals surface area (Å²) >= 11 is 0. The van der Waals surface area contributed by atoms with Crippen LogP contribution in [0.5, 0.6) is 0 Å². The quantitative estimate of drug-likeness (QED) is 0.723. The zero-order valence-electron chi connectivity index (χ0n) is 13.6. The van der Waals surface area contributed by atoms with Gasteiger partial charge < -0.3 is 0 Å². The number of hydrogen-bond donors (Lipinski definition) is 2. The topological polar surface area (TPSA) is 109 Å². The van der Waals surface area contributed by atoms with Crippen molar-refractivity contribution in [3.63, 3.8) is 0 Å². The van der Waals surface area contributed by atoms with Gasteiger partial charge in [-0.1, -0.05) is 24.3 Å². The van der Waals surface area contributed by atoms with Crippen LogP contribution in [0.4, 0.5) is 0 Å². The van der Waals surface area contributed by atoms with Crippen molar-refractivity contribution < 1.29 is 21.6 Å². The van der Waals surface area contributed by atoms with Crippen LogP contribution < -0.4 is 9.44 Å². The average Bonchev–Trinajstić information content (AvgIpc) is 2.61. The summed E-state index contributed by atoms with van der Waals surface area (Å²) in [5, 5.41) is 0. The van der Waals surface area contributed by atoms with E-state index in [1.54, 1.807) is 24.3 Å². The number of carbonyl (C=O) groups is 1. The summed E-state index contributed by atoms with van der Waals surface area (Å²) in [5.41, 5.74) is 0.831. The Kier molecular flexibility index (Phi) is 5.43. The number of ketones is 1. The molecule has 25 heavy (non-hydrogen) atoms. The molecule has 2 aromatic carbocycles. The molecule has 0 saturated carbocycles. The molecule has 0 heterocycles. The molecule has 0 fully saturated rings. The van der Waals surface area contributed by atoms with E-state index in [-0.39, 0.29) is 5.56 Å².